The molecule has 2 rings (SSSR count). The average Bonchev–Trinajstić information content (AvgIpc) is 2.90. The number of carbonyl (C=O) groups is 1. The van der Waals surface area contributed by atoms with Crippen LogP contribution in [0.4, 0.5) is 5.82 Å². The molecule has 0 saturated carbocycles. The summed E-state index contributed by atoms with van der Waals surface area (Å²) in [7, 11) is 0. The van der Waals surface area contributed by atoms with Crippen molar-refractivity contribution < 1.29 is 9.53 Å². The van der Waals surface area contributed by atoms with E-state index < -0.39 is 0 Å². The number of likely N-dealkylation sites (tertiary alicyclic amines) is 1. The lowest BCUT2D eigenvalue weighted by atomic mass is 10.2. The van der Waals surface area contributed by atoms with Crippen LogP contribution in [-0.4, -0.2) is 35.0 Å². The number of hydrazine groups is 1. The van der Waals surface area contributed by atoms with Gasteiger partial charge in [-0.25, -0.2) is 10.8 Å². The molecular formula is C13H19ClN4O2. The van der Waals surface area contributed by atoms with Crippen LogP contribution in [0.3, 0.4) is 0 Å². The first kappa shape index (κ1) is 15.0. The smallest absolute Gasteiger partial charge is 0.323 e. The van der Waals surface area contributed by atoms with E-state index in [1.54, 1.807) is 12.1 Å². The predicted molar refractivity (Wildman–Crippen MR) is 77.1 cm³/mol. The molecule has 0 aliphatic carbocycles. The number of anilines is 1. The van der Waals surface area contributed by atoms with Crippen molar-refractivity contribution in [2.24, 2.45) is 5.84 Å². The van der Waals surface area contributed by atoms with Gasteiger partial charge in [0.05, 0.1) is 17.3 Å². The minimum Gasteiger partial charge on any atom is -0.465 e. The number of rotatable bonds is 5. The molecule has 1 aliphatic heterocycles. The van der Waals surface area contributed by atoms with Gasteiger partial charge >= 0.3 is 5.97 Å². The number of nitrogens with two attached hydrogens (primary N) is 1. The summed E-state index contributed by atoms with van der Waals surface area (Å²) in [5.74, 6) is 5.73. The first-order valence-corrected chi connectivity index (χ1v) is 7.06. The zero-order valence-electron chi connectivity index (χ0n) is 11.4. The van der Waals surface area contributed by atoms with Crippen LogP contribution < -0.4 is 11.3 Å². The van der Waals surface area contributed by atoms with E-state index in [0.29, 0.717) is 29.7 Å². The highest BCUT2D eigenvalue weighted by Gasteiger charge is 2.32. The number of halogens is 1. The zero-order valence-corrected chi connectivity index (χ0v) is 12.2. The summed E-state index contributed by atoms with van der Waals surface area (Å²) in [5.41, 5.74) is 3.20. The third-order valence-corrected chi connectivity index (χ3v) is 3.69. The minimum atomic E-state index is -0.206. The second-order valence-electron chi connectivity index (χ2n) is 4.65. The van der Waals surface area contributed by atoms with Gasteiger partial charge in [0.2, 0.25) is 0 Å². The lowest BCUT2D eigenvalue weighted by Gasteiger charge is -2.22. The Bertz CT molecular complexity index is 483. The second-order valence-corrected chi connectivity index (χ2v) is 5.06. The molecule has 1 fully saturated rings. The van der Waals surface area contributed by atoms with Gasteiger partial charge in [-0.2, -0.15) is 0 Å². The molecule has 1 saturated heterocycles. The molecule has 7 heteroatoms. The summed E-state index contributed by atoms with van der Waals surface area (Å²) >= 11 is 6.15. The van der Waals surface area contributed by atoms with Gasteiger partial charge in [-0.05, 0) is 38.4 Å². The molecule has 6 nitrogen and oxygen atoms in total. The van der Waals surface area contributed by atoms with E-state index in [1.807, 2.05) is 11.8 Å². The Morgan fingerprint density at radius 3 is 3.15 bits per heavy atom. The SMILES string of the molecule is CCOC(=O)C1CCCN1Cc1nc(NN)ccc1Cl. The molecule has 1 aromatic heterocycles. The number of carbonyl (C=O) groups excluding carboxylic acids is 1. The van der Waals surface area contributed by atoms with Gasteiger partial charge in [-0.15, -0.1) is 0 Å². The van der Waals surface area contributed by atoms with Gasteiger partial charge in [0.15, 0.2) is 0 Å². The van der Waals surface area contributed by atoms with Crippen LogP contribution in [-0.2, 0) is 16.1 Å². The van der Waals surface area contributed by atoms with Gasteiger partial charge in [0.1, 0.15) is 11.9 Å². The fourth-order valence-corrected chi connectivity index (χ4v) is 2.55. The molecule has 0 spiro atoms. The van der Waals surface area contributed by atoms with Crippen LogP contribution in [0.15, 0.2) is 12.1 Å². The molecule has 2 heterocycles. The predicted octanol–water partition coefficient (Wildman–Crippen LogP) is 1.55. The first-order chi connectivity index (χ1) is 9.65. The number of nitrogens with one attached hydrogen (secondary N) is 1. The van der Waals surface area contributed by atoms with Crippen LogP contribution in [0.2, 0.25) is 5.02 Å². The number of nitrogens with zero attached hydrogens (tertiary/aromatic N) is 2. The number of nitrogen functional groups attached to an aromatic ring is 1. The van der Waals surface area contributed by atoms with E-state index >= 15 is 0 Å². The summed E-state index contributed by atoms with van der Waals surface area (Å²) in [6.45, 7) is 3.56. The normalized spacial score (nSPS) is 19.1. The van der Waals surface area contributed by atoms with Crippen molar-refractivity contribution in [2.75, 3.05) is 18.6 Å². The van der Waals surface area contributed by atoms with Crippen molar-refractivity contribution in [2.45, 2.75) is 32.4 Å². The highest BCUT2D eigenvalue weighted by atomic mass is 35.5. The van der Waals surface area contributed by atoms with Crippen LogP contribution in [0.5, 0.6) is 0 Å². The van der Waals surface area contributed by atoms with Crippen molar-refractivity contribution in [3.05, 3.63) is 22.8 Å². The molecule has 1 atom stereocenters. The highest BCUT2D eigenvalue weighted by Crippen LogP contribution is 2.24. The maximum Gasteiger partial charge on any atom is 0.323 e. The third kappa shape index (κ3) is 3.39. The first-order valence-electron chi connectivity index (χ1n) is 6.68. The summed E-state index contributed by atoms with van der Waals surface area (Å²) in [6.07, 6.45) is 1.78. The number of hydrogen-bond acceptors (Lipinski definition) is 6. The van der Waals surface area contributed by atoms with Crippen molar-refractivity contribution >= 4 is 23.4 Å². The molecule has 0 bridgehead atoms. The highest BCUT2D eigenvalue weighted by molar-refractivity contribution is 6.31. The summed E-state index contributed by atoms with van der Waals surface area (Å²) in [5, 5.41) is 0.568. The largest absolute Gasteiger partial charge is 0.465 e. The monoisotopic (exact) mass is 298 g/mol. The van der Waals surface area contributed by atoms with Crippen LogP contribution in [0.1, 0.15) is 25.5 Å². The van der Waals surface area contributed by atoms with Crippen molar-refractivity contribution in [1.82, 2.24) is 9.88 Å². The van der Waals surface area contributed by atoms with Crippen molar-refractivity contribution in [3.8, 4) is 0 Å². The number of pyridine rings is 1. The molecule has 110 valence electrons. The third-order valence-electron chi connectivity index (χ3n) is 3.34. The lowest BCUT2D eigenvalue weighted by Crippen LogP contribution is -2.37. The summed E-state index contributed by atoms with van der Waals surface area (Å²) < 4.78 is 5.10. The maximum atomic E-state index is 11.9. The molecular weight excluding hydrogens is 280 g/mol. The van der Waals surface area contributed by atoms with Crippen molar-refractivity contribution in [3.63, 3.8) is 0 Å². The Morgan fingerprint density at radius 1 is 1.65 bits per heavy atom. The molecule has 3 N–H and O–H groups in total. The maximum absolute atomic E-state index is 11.9. The Morgan fingerprint density at radius 2 is 2.45 bits per heavy atom. The molecule has 20 heavy (non-hydrogen) atoms. The van der Waals surface area contributed by atoms with Gasteiger partial charge in [-0.1, -0.05) is 11.6 Å². The van der Waals surface area contributed by atoms with Crippen molar-refractivity contribution in [1.29, 1.82) is 0 Å². The fraction of sp³-hybridized carbons (Fsp3) is 0.538. The summed E-state index contributed by atoms with van der Waals surface area (Å²) in [6, 6.07) is 3.25. The van der Waals surface area contributed by atoms with Gasteiger partial charge < -0.3 is 10.2 Å². The Balaban J connectivity index is 2.10. The van der Waals surface area contributed by atoms with E-state index in [1.165, 1.54) is 0 Å². The quantitative estimate of drug-likeness (QED) is 0.488. The number of ether oxygens (including phenoxy) is 1. The average molecular weight is 299 g/mol. The lowest BCUT2D eigenvalue weighted by molar-refractivity contribution is -0.148. The Hall–Kier alpha value is -1.37. The number of esters is 1. The molecule has 1 unspecified atom stereocenters. The number of hydrogen-bond donors (Lipinski definition) is 2. The van der Waals surface area contributed by atoms with Crippen LogP contribution >= 0.6 is 11.6 Å². The molecule has 0 amide bonds. The van der Waals surface area contributed by atoms with E-state index in [-0.39, 0.29) is 12.0 Å². The van der Waals surface area contributed by atoms with E-state index in [0.717, 1.165) is 19.4 Å². The zero-order chi connectivity index (χ0) is 14.5. The molecule has 1 aromatic rings. The van der Waals surface area contributed by atoms with Gasteiger partial charge in [0, 0.05) is 6.54 Å². The summed E-state index contributed by atoms with van der Waals surface area (Å²) in [4.78, 5) is 18.3. The topological polar surface area (TPSA) is 80.5 Å². The fourth-order valence-electron chi connectivity index (χ4n) is 2.39. The van der Waals surface area contributed by atoms with Gasteiger partial charge in [-0.3, -0.25) is 9.69 Å². The van der Waals surface area contributed by atoms with E-state index in [2.05, 4.69) is 10.4 Å². The standard InChI is InChI=1S/C13H19ClN4O2/c1-2-20-13(19)11-4-3-7-18(11)8-10-9(14)5-6-12(16-10)17-15/h5-6,11H,2-4,7-8,15H2,1H3,(H,16,17). The van der Waals surface area contributed by atoms with E-state index in [4.69, 9.17) is 22.2 Å². The van der Waals surface area contributed by atoms with E-state index in [9.17, 15) is 4.79 Å². The minimum absolute atomic E-state index is 0.172. The molecule has 0 radical (unpaired) electrons. The Labute approximate surface area is 123 Å². The van der Waals surface area contributed by atoms with Gasteiger partial charge in [0.25, 0.3) is 0 Å². The number of aromatic nitrogens is 1. The molecule has 1 aliphatic rings. The van der Waals surface area contributed by atoms with Crippen LogP contribution in [0.25, 0.3) is 0 Å². The Kier molecular flexibility index (Phi) is 5.17. The second kappa shape index (κ2) is 6.88. The molecule has 0 aromatic carbocycles. The van der Waals surface area contributed by atoms with Crippen LogP contribution in [0, 0.1) is 0 Å².